The van der Waals surface area contributed by atoms with Crippen LogP contribution in [0, 0.1) is 0 Å². The summed E-state index contributed by atoms with van der Waals surface area (Å²) in [6, 6.07) is 0.163. The number of nitrogens with one attached hydrogen (secondary N) is 1. The first-order chi connectivity index (χ1) is 9.47. The lowest BCUT2D eigenvalue weighted by atomic mass is 10.2. The van der Waals surface area contributed by atoms with E-state index in [-0.39, 0.29) is 43.6 Å². The van der Waals surface area contributed by atoms with Crippen molar-refractivity contribution < 1.29 is 14.7 Å². The van der Waals surface area contributed by atoms with Gasteiger partial charge in [-0.2, -0.15) is 0 Å². The van der Waals surface area contributed by atoms with E-state index in [4.69, 9.17) is 0 Å². The fraction of sp³-hybridized carbons (Fsp3) is 0.857. The zero-order valence-corrected chi connectivity index (χ0v) is 12.8. The largest absolute Gasteiger partial charge is 0.395 e. The summed E-state index contributed by atoms with van der Waals surface area (Å²) >= 11 is 0. The van der Waals surface area contributed by atoms with Gasteiger partial charge in [-0.25, -0.2) is 0 Å². The minimum Gasteiger partial charge on any atom is -0.395 e. The Balaban J connectivity index is 2.48. The Morgan fingerprint density at radius 2 is 2.15 bits per heavy atom. The molecule has 0 aromatic rings. The Hall–Kier alpha value is -1.14. The summed E-state index contributed by atoms with van der Waals surface area (Å²) in [6.45, 7) is 7.49. The fourth-order valence-electron chi connectivity index (χ4n) is 2.50. The van der Waals surface area contributed by atoms with E-state index in [1.165, 1.54) is 0 Å². The van der Waals surface area contributed by atoms with E-state index in [2.05, 4.69) is 5.32 Å². The Morgan fingerprint density at radius 3 is 2.70 bits per heavy atom. The predicted molar refractivity (Wildman–Crippen MR) is 77.2 cm³/mol. The van der Waals surface area contributed by atoms with Crippen LogP contribution < -0.4 is 5.32 Å². The molecule has 0 aliphatic carbocycles. The number of likely N-dealkylation sites (tertiary alicyclic amines) is 1. The minimum atomic E-state index is -0.129. The molecule has 0 aromatic carbocycles. The molecule has 2 N–H and O–H groups in total. The van der Waals surface area contributed by atoms with E-state index >= 15 is 0 Å². The topological polar surface area (TPSA) is 72.9 Å². The average molecular weight is 285 g/mol. The lowest BCUT2D eigenvalue weighted by Gasteiger charge is -2.27. The van der Waals surface area contributed by atoms with Gasteiger partial charge in [-0.15, -0.1) is 0 Å². The van der Waals surface area contributed by atoms with Crippen LogP contribution in [-0.2, 0) is 9.59 Å². The van der Waals surface area contributed by atoms with Crippen molar-refractivity contribution in [2.24, 2.45) is 0 Å². The molecule has 0 unspecified atom stereocenters. The van der Waals surface area contributed by atoms with Crippen LogP contribution in [0.3, 0.4) is 0 Å². The van der Waals surface area contributed by atoms with Gasteiger partial charge in [0.15, 0.2) is 0 Å². The Kier molecular flexibility index (Phi) is 6.95. The van der Waals surface area contributed by atoms with Gasteiger partial charge in [0.1, 0.15) is 0 Å². The van der Waals surface area contributed by atoms with Crippen LogP contribution in [0.1, 0.15) is 33.6 Å². The molecule has 0 spiro atoms. The molecule has 2 amide bonds. The number of amides is 2. The standard InChI is InChI=1S/C14H27N3O3/c1-4-16(8-13(19)15-11(2)3)14(20)9-17-7-5-6-12(17)10-18/h11-12,18H,4-10H2,1-3H3,(H,15,19)/t12-/m1/s1. The van der Waals surface area contributed by atoms with Gasteiger partial charge in [0.25, 0.3) is 0 Å². The van der Waals surface area contributed by atoms with Crippen molar-refractivity contribution >= 4 is 11.8 Å². The fourth-order valence-corrected chi connectivity index (χ4v) is 2.50. The number of rotatable bonds is 7. The highest BCUT2D eigenvalue weighted by Gasteiger charge is 2.27. The SMILES string of the molecule is CCN(CC(=O)NC(C)C)C(=O)CN1CCC[C@@H]1CO. The van der Waals surface area contributed by atoms with Crippen molar-refractivity contribution in [3.63, 3.8) is 0 Å². The summed E-state index contributed by atoms with van der Waals surface area (Å²) in [5, 5.41) is 12.0. The van der Waals surface area contributed by atoms with Crippen LogP contribution in [0.15, 0.2) is 0 Å². The molecule has 0 bridgehead atoms. The lowest BCUT2D eigenvalue weighted by Crippen LogP contribution is -2.47. The molecule has 1 rings (SSSR count). The van der Waals surface area contributed by atoms with Crippen LogP contribution in [0.25, 0.3) is 0 Å². The molecule has 1 aliphatic rings. The zero-order valence-electron chi connectivity index (χ0n) is 12.8. The number of aliphatic hydroxyl groups is 1. The number of carbonyl (C=O) groups is 2. The molecule has 0 radical (unpaired) electrons. The summed E-state index contributed by atoms with van der Waals surface area (Å²) in [6.07, 6.45) is 1.95. The van der Waals surface area contributed by atoms with Gasteiger partial charge in [-0.1, -0.05) is 0 Å². The molecular formula is C14H27N3O3. The van der Waals surface area contributed by atoms with Gasteiger partial charge in [0.2, 0.25) is 11.8 Å². The molecule has 1 heterocycles. The molecule has 1 aliphatic heterocycles. The van der Waals surface area contributed by atoms with E-state index in [1.807, 2.05) is 25.7 Å². The summed E-state index contributed by atoms with van der Waals surface area (Å²) < 4.78 is 0. The molecule has 0 aromatic heterocycles. The highest BCUT2D eigenvalue weighted by molar-refractivity contribution is 5.85. The maximum atomic E-state index is 12.2. The number of hydrogen-bond donors (Lipinski definition) is 2. The van der Waals surface area contributed by atoms with Gasteiger partial charge >= 0.3 is 0 Å². The highest BCUT2D eigenvalue weighted by Crippen LogP contribution is 2.16. The van der Waals surface area contributed by atoms with Crippen LogP contribution in [-0.4, -0.2) is 71.6 Å². The quantitative estimate of drug-likeness (QED) is 0.680. The van der Waals surface area contributed by atoms with Crippen LogP contribution in [0.5, 0.6) is 0 Å². The Labute approximate surface area is 121 Å². The number of hydrogen-bond acceptors (Lipinski definition) is 4. The van der Waals surface area contributed by atoms with E-state index in [9.17, 15) is 14.7 Å². The predicted octanol–water partition coefficient (Wildman–Crippen LogP) is -0.184. The van der Waals surface area contributed by atoms with Crippen molar-refractivity contribution in [3.05, 3.63) is 0 Å². The second-order valence-corrected chi connectivity index (χ2v) is 5.58. The van der Waals surface area contributed by atoms with Crippen LogP contribution in [0.2, 0.25) is 0 Å². The highest BCUT2D eigenvalue weighted by atomic mass is 16.3. The second kappa shape index (κ2) is 8.21. The molecule has 6 nitrogen and oxygen atoms in total. The van der Waals surface area contributed by atoms with E-state index in [0.717, 1.165) is 19.4 Å². The maximum absolute atomic E-state index is 12.2. The van der Waals surface area contributed by atoms with Gasteiger partial charge in [0.05, 0.1) is 19.7 Å². The van der Waals surface area contributed by atoms with Gasteiger partial charge in [-0.05, 0) is 40.2 Å². The van der Waals surface area contributed by atoms with Crippen LogP contribution in [0.4, 0.5) is 0 Å². The van der Waals surface area contributed by atoms with Crippen molar-refractivity contribution in [2.75, 3.05) is 32.8 Å². The number of nitrogens with zero attached hydrogens (tertiary/aromatic N) is 2. The number of likely N-dealkylation sites (N-methyl/N-ethyl adjacent to an activating group) is 1. The lowest BCUT2D eigenvalue weighted by molar-refractivity contribution is -0.137. The van der Waals surface area contributed by atoms with E-state index < -0.39 is 0 Å². The molecule has 0 saturated carbocycles. The van der Waals surface area contributed by atoms with Crippen molar-refractivity contribution in [2.45, 2.75) is 45.7 Å². The third-order valence-corrected chi connectivity index (χ3v) is 3.57. The molecule has 1 saturated heterocycles. The Morgan fingerprint density at radius 1 is 1.45 bits per heavy atom. The molecule has 1 fully saturated rings. The Bertz CT molecular complexity index is 334. The van der Waals surface area contributed by atoms with Crippen molar-refractivity contribution in [1.82, 2.24) is 15.1 Å². The summed E-state index contributed by atoms with van der Waals surface area (Å²) in [5.74, 6) is -0.179. The molecule has 1 atom stereocenters. The molecule has 20 heavy (non-hydrogen) atoms. The van der Waals surface area contributed by atoms with Gasteiger partial charge in [0, 0.05) is 18.6 Å². The summed E-state index contributed by atoms with van der Waals surface area (Å²) in [7, 11) is 0. The van der Waals surface area contributed by atoms with Gasteiger partial charge < -0.3 is 15.3 Å². The monoisotopic (exact) mass is 285 g/mol. The molecule has 6 heteroatoms. The minimum absolute atomic E-state index is 0.0493. The van der Waals surface area contributed by atoms with E-state index in [1.54, 1.807) is 4.90 Å². The number of aliphatic hydroxyl groups excluding tert-OH is 1. The van der Waals surface area contributed by atoms with Crippen LogP contribution >= 0.6 is 0 Å². The normalized spacial score (nSPS) is 19.4. The van der Waals surface area contributed by atoms with Crippen molar-refractivity contribution in [3.8, 4) is 0 Å². The number of carbonyl (C=O) groups excluding carboxylic acids is 2. The van der Waals surface area contributed by atoms with E-state index in [0.29, 0.717) is 6.54 Å². The zero-order chi connectivity index (χ0) is 15.1. The molecule has 116 valence electrons. The summed E-state index contributed by atoms with van der Waals surface area (Å²) in [5.41, 5.74) is 0. The first-order valence-corrected chi connectivity index (χ1v) is 7.40. The third kappa shape index (κ3) is 5.09. The molecular weight excluding hydrogens is 258 g/mol. The second-order valence-electron chi connectivity index (χ2n) is 5.58. The maximum Gasteiger partial charge on any atom is 0.239 e. The first-order valence-electron chi connectivity index (χ1n) is 7.40. The van der Waals surface area contributed by atoms with Gasteiger partial charge in [-0.3, -0.25) is 14.5 Å². The average Bonchev–Trinajstić information content (AvgIpc) is 2.82. The van der Waals surface area contributed by atoms with Crippen molar-refractivity contribution in [1.29, 1.82) is 0 Å². The smallest absolute Gasteiger partial charge is 0.239 e. The third-order valence-electron chi connectivity index (χ3n) is 3.57. The summed E-state index contributed by atoms with van der Waals surface area (Å²) in [4.78, 5) is 27.5. The first kappa shape index (κ1) is 16.9.